The van der Waals surface area contributed by atoms with Gasteiger partial charge in [-0.1, -0.05) is 22.0 Å². The van der Waals surface area contributed by atoms with Crippen molar-refractivity contribution in [3.63, 3.8) is 0 Å². The average molecular weight is 380 g/mol. The number of alkyl halides is 1. The van der Waals surface area contributed by atoms with Crippen molar-refractivity contribution in [2.45, 2.75) is 5.33 Å². The van der Waals surface area contributed by atoms with Gasteiger partial charge in [-0.05, 0) is 57.9 Å². The van der Waals surface area contributed by atoms with Crippen LogP contribution in [0, 0.1) is 11.3 Å². The zero-order valence-corrected chi connectivity index (χ0v) is 13.6. The molecule has 0 bridgehead atoms. The molecular weight excluding hydrogens is 368 g/mol. The molecule has 2 aromatic carbocycles. The van der Waals surface area contributed by atoms with Gasteiger partial charge in [-0.2, -0.15) is 5.26 Å². The Morgan fingerprint density at radius 3 is 2.37 bits per heavy atom. The second-order valence-corrected chi connectivity index (χ2v) is 5.55. The molecule has 0 aromatic heterocycles. The zero-order valence-electron chi connectivity index (χ0n) is 10.4. The number of benzene rings is 2. The number of nitrogens with zero attached hydrogens (tertiary/aromatic N) is 2. The summed E-state index contributed by atoms with van der Waals surface area (Å²) in [5, 5.41) is 9.65. The summed E-state index contributed by atoms with van der Waals surface area (Å²) >= 11 is 7.05. The SMILES string of the molecule is CN(c1ccc(C#N)cc1)c1ccc(CBr)cc1Br. The smallest absolute Gasteiger partial charge is 0.0991 e. The molecule has 0 aliphatic heterocycles. The van der Waals surface area contributed by atoms with E-state index >= 15 is 0 Å². The Hall–Kier alpha value is -1.31. The van der Waals surface area contributed by atoms with Gasteiger partial charge in [0, 0.05) is 22.5 Å². The van der Waals surface area contributed by atoms with Gasteiger partial charge in [-0.15, -0.1) is 0 Å². The van der Waals surface area contributed by atoms with Gasteiger partial charge >= 0.3 is 0 Å². The van der Waals surface area contributed by atoms with Crippen LogP contribution < -0.4 is 4.90 Å². The summed E-state index contributed by atoms with van der Waals surface area (Å²) in [4.78, 5) is 2.09. The molecule has 4 heteroatoms. The third kappa shape index (κ3) is 3.17. The predicted octanol–water partition coefficient (Wildman–Crippen LogP) is 4.98. The summed E-state index contributed by atoms with van der Waals surface area (Å²) in [6, 6.07) is 15.9. The molecule has 0 spiro atoms. The molecule has 0 amide bonds. The average Bonchev–Trinajstić information content (AvgIpc) is 2.46. The molecule has 0 N–H and O–H groups in total. The Morgan fingerprint density at radius 2 is 1.84 bits per heavy atom. The highest BCUT2D eigenvalue weighted by molar-refractivity contribution is 9.10. The Kier molecular flexibility index (Phi) is 4.62. The third-order valence-electron chi connectivity index (χ3n) is 2.91. The Balaban J connectivity index is 2.32. The first kappa shape index (κ1) is 14.1. The first-order valence-electron chi connectivity index (χ1n) is 5.74. The van der Waals surface area contributed by atoms with E-state index in [0.29, 0.717) is 5.56 Å². The molecule has 0 aliphatic rings. The fourth-order valence-corrected chi connectivity index (χ4v) is 2.85. The minimum Gasteiger partial charge on any atom is -0.344 e. The van der Waals surface area contributed by atoms with Gasteiger partial charge < -0.3 is 4.90 Å². The van der Waals surface area contributed by atoms with Crippen molar-refractivity contribution in [2.24, 2.45) is 0 Å². The normalized spacial score (nSPS) is 10.0. The molecule has 2 aromatic rings. The molecule has 0 atom stereocenters. The number of hydrogen-bond acceptors (Lipinski definition) is 2. The second kappa shape index (κ2) is 6.23. The van der Waals surface area contributed by atoms with E-state index in [-0.39, 0.29) is 0 Å². The predicted molar refractivity (Wildman–Crippen MR) is 86.0 cm³/mol. The minimum atomic E-state index is 0.672. The van der Waals surface area contributed by atoms with Gasteiger partial charge in [0.15, 0.2) is 0 Å². The number of nitriles is 1. The molecule has 0 radical (unpaired) electrons. The third-order valence-corrected chi connectivity index (χ3v) is 4.19. The van der Waals surface area contributed by atoms with E-state index in [9.17, 15) is 0 Å². The summed E-state index contributed by atoms with van der Waals surface area (Å²) in [5.74, 6) is 0. The monoisotopic (exact) mass is 378 g/mol. The van der Waals surface area contributed by atoms with Gasteiger partial charge in [-0.3, -0.25) is 0 Å². The summed E-state index contributed by atoms with van der Waals surface area (Å²) in [5.41, 5.74) is 4.04. The van der Waals surface area contributed by atoms with Crippen LogP contribution >= 0.6 is 31.9 Å². The van der Waals surface area contributed by atoms with Crippen molar-refractivity contribution < 1.29 is 0 Å². The van der Waals surface area contributed by atoms with Gasteiger partial charge in [0.1, 0.15) is 0 Å². The van der Waals surface area contributed by atoms with E-state index in [2.05, 4.69) is 61.0 Å². The second-order valence-electron chi connectivity index (χ2n) is 4.14. The molecule has 0 fully saturated rings. The Labute approximate surface area is 129 Å². The minimum absolute atomic E-state index is 0.672. The molecular formula is C15H12Br2N2. The molecule has 0 heterocycles. The molecule has 2 nitrogen and oxygen atoms in total. The lowest BCUT2D eigenvalue weighted by atomic mass is 10.2. The fourth-order valence-electron chi connectivity index (χ4n) is 1.80. The van der Waals surface area contributed by atoms with Crippen LogP contribution in [-0.2, 0) is 5.33 Å². The Bertz CT molecular complexity index is 615. The van der Waals surface area contributed by atoms with Crippen LogP contribution in [0.1, 0.15) is 11.1 Å². The maximum Gasteiger partial charge on any atom is 0.0991 e. The van der Waals surface area contributed by atoms with Crippen LogP contribution in [0.15, 0.2) is 46.9 Å². The van der Waals surface area contributed by atoms with Crippen molar-refractivity contribution >= 4 is 43.2 Å². The van der Waals surface area contributed by atoms with Crippen molar-refractivity contribution in [2.75, 3.05) is 11.9 Å². The standard InChI is InChI=1S/C15H12Br2N2/c1-19(13-5-2-11(10-18)3-6-13)15-7-4-12(9-16)8-14(15)17/h2-8H,9H2,1H3. The summed E-state index contributed by atoms with van der Waals surface area (Å²) in [6.07, 6.45) is 0. The number of anilines is 2. The van der Waals surface area contributed by atoms with Crippen LogP contribution in [0.5, 0.6) is 0 Å². The maximum absolute atomic E-state index is 8.81. The lowest BCUT2D eigenvalue weighted by Crippen LogP contribution is -2.10. The van der Waals surface area contributed by atoms with Crippen LogP contribution in [0.3, 0.4) is 0 Å². The maximum atomic E-state index is 8.81. The number of rotatable bonds is 3. The highest BCUT2D eigenvalue weighted by Crippen LogP contribution is 2.32. The summed E-state index contributed by atoms with van der Waals surface area (Å²) in [6.45, 7) is 0. The molecule has 96 valence electrons. The highest BCUT2D eigenvalue weighted by atomic mass is 79.9. The molecule has 0 aliphatic carbocycles. The van der Waals surface area contributed by atoms with E-state index in [4.69, 9.17) is 5.26 Å². The quantitative estimate of drug-likeness (QED) is 0.703. The van der Waals surface area contributed by atoms with E-state index < -0.39 is 0 Å². The van der Waals surface area contributed by atoms with Crippen molar-refractivity contribution in [1.29, 1.82) is 5.26 Å². The van der Waals surface area contributed by atoms with Crippen LogP contribution in [0.2, 0.25) is 0 Å². The topological polar surface area (TPSA) is 27.0 Å². The van der Waals surface area contributed by atoms with Crippen molar-refractivity contribution in [3.8, 4) is 6.07 Å². The molecule has 0 unspecified atom stereocenters. The highest BCUT2D eigenvalue weighted by Gasteiger charge is 2.08. The van der Waals surface area contributed by atoms with Gasteiger partial charge in [0.05, 0.1) is 17.3 Å². The molecule has 0 saturated heterocycles. The van der Waals surface area contributed by atoms with Crippen LogP contribution in [0.4, 0.5) is 11.4 Å². The zero-order chi connectivity index (χ0) is 13.8. The van der Waals surface area contributed by atoms with E-state index in [1.54, 1.807) is 0 Å². The molecule has 0 saturated carbocycles. The van der Waals surface area contributed by atoms with Crippen molar-refractivity contribution in [1.82, 2.24) is 0 Å². The van der Waals surface area contributed by atoms with E-state index in [0.717, 1.165) is 21.2 Å². The van der Waals surface area contributed by atoms with E-state index in [1.807, 2.05) is 31.3 Å². The Morgan fingerprint density at radius 1 is 1.16 bits per heavy atom. The summed E-state index contributed by atoms with van der Waals surface area (Å²) < 4.78 is 1.05. The van der Waals surface area contributed by atoms with Gasteiger partial charge in [0.2, 0.25) is 0 Å². The first-order valence-corrected chi connectivity index (χ1v) is 7.65. The largest absolute Gasteiger partial charge is 0.344 e. The van der Waals surface area contributed by atoms with Crippen LogP contribution in [-0.4, -0.2) is 7.05 Å². The first-order chi connectivity index (χ1) is 9.15. The lowest BCUT2D eigenvalue weighted by molar-refractivity contribution is 1.19. The summed E-state index contributed by atoms with van der Waals surface area (Å²) in [7, 11) is 2.01. The molecule has 19 heavy (non-hydrogen) atoms. The number of halogens is 2. The number of hydrogen-bond donors (Lipinski definition) is 0. The van der Waals surface area contributed by atoms with E-state index in [1.165, 1.54) is 5.56 Å². The molecule has 2 rings (SSSR count). The van der Waals surface area contributed by atoms with Crippen molar-refractivity contribution in [3.05, 3.63) is 58.1 Å². The fraction of sp³-hybridized carbons (Fsp3) is 0.133. The lowest BCUT2D eigenvalue weighted by Gasteiger charge is -2.21. The van der Waals surface area contributed by atoms with Gasteiger partial charge in [0.25, 0.3) is 0 Å². The van der Waals surface area contributed by atoms with Gasteiger partial charge in [-0.25, -0.2) is 0 Å². The van der Waals surface area contributed by atoms with Crippen LogP contribution in [0.25, 0.3) is 0 Å².